The van der Waals surface area contributed by atoms with Gasteiger partial charge in [-0.25, -0.2) is 4.98 Å². The van der Waals surface area contributed by atoms with Crippen LogP contribution in [0, 0.1) is 4.51 Å². The summed E-state index contributed by atoms with van der Waals surface area (Å²) in [4.78, 5) is 7.59. The molecule has 0 bridgehead atoms. The van der Waals surface area contributed by atoms with Crippen LogP contribution in [-0.4, -0.2) is 50.3 Å². The van der Waals surface area contributed by atoms with E-state index < -0.39 is 0 Å². The summed E-state index contributed by atoms with van der Waals surface area (Å²) in [5, 5.41) is 5.08. The van der Waals surface area contributed by atoms with E-state index in [-0.39, 0.29) is 6.10 Å². The predicted octanol–water partition coefficient (Wildman–Crippen LogP) is 5.19. The monoisotopic (exact) mass is 565 g/mol. The highest BCUT2D eigenvalue weighted by Crippen LogP contribution is 2.38. The van der Waals surface area contributed by atoms with Crippen LogP contribution in [-0.2, 0) is 31.4 Å². The Morgan fingerprint density at radius 1 is 1.16 bits per heavy atom. The first-order valence-corrected chi connectivity index (χ1v) is 13.8. The Bertz CT molecular complexity index is 1560. The van der Waals surface area contributed by atoms with Crippen molar-refractivity contribution < 1.29 is 9.47 Å². The predicted molar refractivity (Wildman–Crippen MR) is 155 cm³/mol. The first-order valence-electron chi connectivity index (χ1n) is 12.6. The molecule has 2 aliphatic rings. The Kier molecular flexibility index (Phi) is 7.20. The Balaban J connectivity index is 1.39. The van der Waals surface area contributed by atoms with Crippen molar-refractivity contribution in [2.24, 2.45) is 7.05 Å². The third-order valence-corrected chi connectivity index (χ3v) is 8.15. The number of hydrogen-bond acceptors (Lipinski definition) is 6. The third-order valence-electron chi connectivity index (χ3n) is 7.10. The molecular weight excluding hydrogens is 538 g/mol. The first kappa shape index (κ1) is 25.5. The van der Waals surface area contributed by atoms with Crippen molar-refractivity contribution >= 4 is 51.9 Å². The summed E-state index contributed by atoms with van der Waals surface area (Å²) in [6, 6.07) is 12.1. The third kappa shape index (κ3) is 5.09. The molecule has 0 aliphatic carbocycles. The fraction of sp³-hybridized carbons (Fsp3) is 0.321. The summed E-state index contributed by atoms with van der Waals surface area (Å²) in [5.74, 6) is 1.70. The normalized spacial score (nSPS) is 17.4. The zero-order valence-electron chi connectivity index (χ0n) is 21.0. The van der Waals surface area contributed by atoms with Crippen molar-refractivity contribution in [3.05, 3.63) is 87.0 Å². The average molecular weight is 566 g/mol. The van der Waals surface area contributed by atoms with E-state index in [9.17, 15) is 0 Å². The molecule has 7 nitrogen and oxygen atoms in total. The molecule has 2 aliphatic heterocycles. The van der Waals surface area contributed by atoms with Crippen molar-refractivity contribution in [3.8, 4) is 5.75 Å². The summed E-state index contributed by atoms with van der Waals surface area (Å²) in [6.07, 6.45) is 5.58. The number of morpholine rings is 1. The number of nitrogens with zero attached hydrogens (tertiary/aromatic N) is 4. The second-order valence-electron chi connectivity index (χ2n) is 9.71. The van der Waals surface area contributed by atoms with Gasteiger partial charge in [0.15, 0.2) is 11.9 Å². The zero-order chi connectivity index (χ0) is 26.2. The van der Waals surface area contributed by atoms with Gasteiger partial charge in [0.05, 0.1) is 29.8 Å². The highest BCUT2D eigenvalue weighted by atomic mass is 35.5. The van der Waals surface area contributed by atoms with Crippen LogP contribution in [0.15, 0.2) is 55.0 Å². The van der Waals surface area contributed by atoms with Crippen LogP contribution in [0.3, 0.4) is 0 Å². The van der Waals surface area contributed by atoms with Gasteiger partial charge in [0, 0.05) is 67.8 Å². The molecule has 0 radical (unpaired) electrons. The summed E-state index contributed by atoms with van der Waals surface area (Å²) in [6.45, 7) is 5.32. The van der Waals surface area contributed by atoms with Crippen molar-refractivity contribution in [1.82, 2.24) is 24.3 Å². The fourth-order valence-corrected chi connectivity index (χ4v) is 5.86. The Morgan fingerprint density at radius 2 is 1.95 bits per heavy atom. The Morgan fingerprint density at radius 3 is 2.68 bits per heavy atom. The molecule has 1 fully saturated rings. The zero-order valence-corrected chi connectivity index (χ0v) is 23.4. The highest BCUT2D eigenvalue weighted by Gasteiger charge is 2.28. The second kappa shape index (κ2) is 10.7. The molecule has 0 amide bonds. The molecule has 4 aromatic rings. The smallest absolute Gasteiger partial charge is 0.174 e. The number of hydrogen-bond donors (Lipinski definition) is 1. The average Bonchev–Trinajstić information content (AvgIpc) is 3.36. The maximum atomic E-state index is 6.58. The summed E-state index contributed by atoms with van der Waals surface area (Å²) < 4.78 is 17.1. The molecule has 196 valence electrons. The number of thiocarbonyl (C=S) groups is 1. The molecule has 2 aromatic heterocycles. The lowest BCUT2D eigenvalue weighted by Crippen LogP contribution is -2.35. The van der Waals surface area contributed by atoms with E-state index in [1.54, 1.807) is 6.20 Å². The van der Waals surface area contributed by atoms with Gasteiger partial charge in [-0.2, -0.15) is 0 Å². The highest BCUT2D eigenvalue weighted by molar-refractivity contribution is 7.80. The number of aryl methyl sites for hydroxylation is 1. The number of halogens is 1. The summed E-state index contributed by atoms with van der Waals surface area (Å²) >= 11 is 17.9. The minimum atomic E-state index is -0.228. The molecule has 1 atom stereocenters. The SMILES string of the molecule is Cn1ccnc1C1Cn2cc(C(=S)NCc3ccc(Cl)cc3)c(=S)c3cc(CN4CCOCC4)cc(c32)O1. The maximum absolute atomic E-state index is 6.58. The van der Waals surface area contributed by atoms with Gasteiger partial charge in [0.2, 0.25) is 0 Å². The minimum absolute atomic E-state index is 0.228. The number of aromatic nitrogens is 3. The van der Waals surface area contributed by atoms with Crippen LogP contribution in [0.2, 0.25) is 5.02 Å². The van der Waals surface area contributed by atoms with E-state index in [4.69, 9.17) is 45.5 Å². The van der Waals surface area contributed by atoms with Crippen LogP contribution in [0.1, 0.15) is 28.6 Å². The molecule has 1 saturated heterocycles. The summed E-state index contributed by atoms with van der Waals surface area (Å²) in [7, 11) is 1.99. The van der Waals surface area contributed by atoms with E-state index in [1.165, 1.54) is 0 Å². The number of imidazole rings is 1. The van der Waals surface area contributed by atoms with Gasteiger partial charge in [-0.1, -0.05) is 48.2 Å². The summed E-state index contributed by atoms with van der Waals surface area (Å²) in [5.41, 5.74) is 4.09. The number of pyridine rings is 1. The lowest BCUT2D eigenvalue weighted by molar-refractivity contribution is 0.0341. The van der Waals surface area contributed by atoms with Crippen molar-refractivity contribution in [2.75, 3.05) is 26.3 Å². The van der Waals surface area contributed by atoms with E-state index in [0.717, 1.165) is 76.5 Å². The van der Waals surface area contributed by atoms with Crippen molar-refractivity contribution in [1.29, 1.82) is 0 Å². The first-order chi connectivity index (χ1) is 18.5. The van der Waals surface area contributed by atoms with Crippen molar-refractivity contribution in [3.63, 3.8) is 0 Å². The Labute approximate surface area is 236 Å². The molecule has 4 heterocycles. The van der Waals surface area contributed by atoms with Gasteiger partial charge in [-0.15, -0.1) is 0 Å². The largest absolute Gasteiger partial charge is 0.478 e. The molecule has 1 N–H and O–H groups in total. The second-order valence-corrected chi connectivity index (χ2v) is 11.0. The minimum Gasteiger partial charge on any atom is -0.478 e. The Hall–Kier alpha value is -2.82. The van der Waals surface area contributed by atoms with Crippen molar-refractivity contribution in [2.45, 2.75) is 25.7 Å². The van der Waals surface area contributed by atoms with Crippen LogP contribution in [0.5, 0.6) is 5.75 Å². The standard InChI is InChI=1S/C28H28ClN5O2S2/c1-32-7-6-30-27(32)24-17-34-16-22(28(38)31-14-18-2-4-20(29)5-3-18)26(37)21-12-19(13-23(36-24)25(21)34)15-33-8-10-35-11-9-33/h2-7,12-13,16,24H,8-11,14-15,17H2,1H3,(H,31,38). The van der Waals surface area contributed by atoms with Gasteiger partial charge >= 0.3 is 0 Å². The van der Waals surface area contributed by atoms with E-state index in [1.807, 2.05) is 42.1 Å². The van der Waals surface area contributed by atoms with Gasteiger partial charge in [0.1, 0.15) is 10.7 Å². The number of nitrogens with one attached hydrogen (secondary N) is 1. The maximum Gasteiger partial charge on any atom is 0.174 e. The molecular formula is C28H28ClN5O2S2. The molecule has 38 heavy (non-hydrogen) atoms. The molecule has 10 heteroatoms. The molecule has 6 rings (SSSR count). The van der Waals surface area contributed by atoms with Gasteiger partial charge < -0.3 is 23.9 Å². The topological polar surface area (TPSA) is 56.5 Å². The van der Waals surface area contributed by atoms with Crippen LogP contribution < -0.4 is 10.1 Å². The lowest BCUT2D eigenvalue weighted by Gasteiger charge is -2.30. The van der Waals surface area contributed by atoms with Gasteiger partial charge in [-0.3, -0.25) is 4.90 Å². The molecule has 0 spiro atoms. The van der Waals surface area contributed by atoms with Crippen LogP contribution in [0.25, 0.3) is 10.9 Å². The molecule has 1 unspecified atom stereocenters. The van der Waals surface area contributed by atoms with Gasteiger partial charge in [-0.05, 0) is 35.4 Å². The van der Waals surface area contributed by atoms with E-state index >= 15 is 0 Å². The lowest BCUT2D eigenvalue weighted by atomic mass is 10.0. The fourth-order valence-electron chi connectivity index (χ4n) is 5.13. The quantitative estimate of drug-likeness (QED) is 0.323. The van der Waals surface area contributed by atoms with Crippen LogP contribution in [0.4, 0.5) is 0 Å². The van der Waals surface area contributed by atoms with E-state index in [2.05, 4.69) is 38.1 Å². The van der Waals surface area contributed by atoms with Gasteiger partial charge in [0.25, 0.3) is 0 Å². The molecule has 0 saturated carbocycles. The number of rotatable bonds is 6. The van der Waals surface area contributed by atoms with E-state index in [0.29, 0.717) is 23.1 Å². The molecule has 2 aromatic carbocycles. The van der Waals surface area contributed by atoms with Crippen LogP contribution >= 0.6 is 36.0 Å². The number of ether oxygens (including phenoxy) is 2. The number of benzene rings is 2.